The number of hydrogen-bond acceptors (Lipinski definition) is 2. The predicted octanol–water partition coefficient (Wildman–Crippen LogP) is 4.28. The molecule has 2 aliphatic rings. The molecule has 2 unspecified atom stereocenters. The lowest BCUT2D eigenvalue weighted by atomic mass is 9.78. The largest absolute Gasteiger partial charge is 0.303 e. The third-order valence-corrected chi connectivity index (χ3v) is 5.48. The molecule has 0 N–H and O–H groups in total. The molecule has 0 radical (unpaired) electrons. The van der Waals surface area contributed by atoms with Crippen molar-refractivity contribution in [3.63, 3.8) is 0 Å². The molecule has 2 nitrogen and oxygen atoms in total. The number of nitrogens with zero attached hydrogens (tertiary/aromatic N) is 1. The Kier molecular flexibility index (Phi) is 5.65. The summed E-state index contributed by atoms with van der Waals surface area (Å²) in [5.74, 6) is 1.69. The summed E-state index contributed by atoms with van der Waals surface area (Å²) in [5.41, 5.74) is 0.496. The molecule has 20 heavy (non-hydrogen) atoms. The summed E-state index contributed by atoms with van der Waals surface area (Å²) in [7, 11) is 0. The van der Waals surface area contributed by atoms with Crippen LogP contribution in [0.1, 0.15) is 72.1 Å². The molecule has 2 rings (SSSR count). The first-order valence-electron chi connectivity index (χ1n) is 8.75. The molecule has 0 aromatic heterocycles. The Morgan fingerprint density at radius 1 is 1.25 bits per heavy atom. The van der Waals surface area contributed by atoms with E-state index in [0.717, 1.165) is 31.7 Å². The van der Waals surface area contributed by atoms with Crippen LogP contribution in [0.4, 0.5) is 0 Å². The van der Waals surface area contributed by atoms with E-state index in [9.17, 15) is 4.79 Å². The molecule has 116 valence electrons. The third kappa shape index (κ3) is 4.58. The average Bonchev–Trinajstić information content (AvgIpc) is 2.55. The van der Waals surface area contributed by atoms with Crippen LogP contribution in [-0.4, -0.2) is 30.3 Å². The topological polar surface area (TPSA) is 20.3 Å². The lowest BCUT2D eigenvalue weighted by Crippen LogP contribution is -2.37. The van der Waals surface area contributed by atoms with Crippen LogP contribution in [0.2, 0.25) is 0 Å². The van der Waals surface area contributed by atoms with Crippen LogP contribution in [0.3, 0.4) is 0 Å². The smallest absolute Gasteiger partial charge is 0.137 e. The predicted molar refractivity (Wildman–Crippen MR) is 84.8 cm³/mol. The van der Waals surface area contributed by atoms with Crippen molar-refractivity contribution >= 4 is 5.78 Å². The highest BCUT2D eigenvalue weighted by Gasteiger charge is 2.31. The second-order valence-corrected chi connectivity index (χ2v) is 7.91. The molecule has 2 atom stereocenters. The van der Waals surface area contributed by atoms with Gasteiger partial charge >= 0.3 is 0 Å². The molecule has 0 aromatic carbocycles. The maximum Gasteiger partial charge on any atom is 0.137 e. The van der Waals surface area contributed by atoms with Crippen LogP contribution >= 0.6 is 0 Å². The van der Waals surface area contributed by atoms with Crippen molar-refractivity contribution in [3.8, 4) is 0 Å². The third-order valence-electron chi connectivity index (χ3n) is 5.48. The summed E-state index contributed by atoms with van der Waals surface area (Å²) in [6.07, 6.45) is 9.65. The van der Waals surface area contributed by atoms with Crippen LogP contribution in [-0.2, 0) is 4.79 Å². The minimum absolute atomic E-state index is 0.335. The molecule has 1 heterocycles. The zero-order chi connectivity index (χ0) is 14.6. The molecule has 0 bridgehead atoms. The highest BCUT2D eigenvalue weighted by Crippen LogP contribution is 2.33. The van der Waals surface area contributed by atoms with Gasteiger partial charge in [0.1, 0.15) is 5.78 Å². The molecule has 1 saturated carbocycles. The van der Waals surface area contributed by atoms with E-state index in [1.54, 1.807) is 0 Å². The van der Waals surface area contributed by atoms with Crippen molar-refractivity contribution < 1.29 is 4.79 Å². The van der Waals surface area contributed by atoms with E-state index >= 15 is 0 Å². The Balaban J connectivity index is 1.86. The van der Waals surface area contributed by atoms with E-state index in [1.807, 2.05) is 0 Å². The number of carbonyl (C=O) groups excluding carboxylic acids is 1. The molecule has 0 amide bonds. The Hall–Kier alpha value is -0.370. The highest BCUT2D eigenvalue weighted by atomic mass is 16.1. The summed E-state index contributed by atoms with van der Waals surface area (Å²) in [5, 5.41) is 0. The number of rotatable bonds is 4. The Bertz CT molecular complexity index is 323. The first-order valence-corrected chi connectivity index (χ1v) is 8.75. The summed E-state index contributed by atoms with van der Waals surface area (Å²) < 4.78 is 0. The van der Waals surface area contributed by atoms with E-state index in [4.69, 9.17) is 0 Å². The number of Topliss-reactive ketones (excluding diaryl/α,β-unsaturated/α-hetero) is 1. The van der Waals surface area contributed by atoms with Gasteiger partial charge in [-0.15, -0.1) is 0 Å². The fraction of sp³-hybridized carbons (Fsp3) is 0.944. The second kappa shape index (κ2) is 7.06. The van der Waals surface area contributed by atoms with E-state index < -0.39 is 0 Å². The average molecular weight is 279 g/mol. The highest BCUT2D eigenvalue weighted by molar-refractivity contribution is 5.81. The molecule has 2 heteroatoms. The van der Waals surface area contributed by atoms with E-state index in [1.165, 1.54) is 45.2 Å². The van der Waals surface area contributed by atoms with Crippen molar-refractivity contribution in [1.29, 1.82) is 0 Å². The van der Waals surface area contributed by atoms with Gasteiger partial charge in [0.2, 0.25) is 0 Å². The zero-order valence-electron chi connectivity index (χ0n) is 13.8. The van der Waals surface area contributed by atoms with Crippen LogP contribution in [0.5, 0.6) is 0 Å². The Morgan fingerprint density at radius 2 is 2.05 bits per heavy atom. The lowest BCUT2D eigenvalue weighted by Gasteiger charge is -2.32. The van der Waals surface area contributed by atoms with Crippen molar-refractivity contribution in [2.75, 3.05) is 19.6 Å². The van der Waals surface area contributed by atoms with Gasteiger partial charge in [-0.25, -0.2) is 0 Å². The maximum absolute atomic E-state index is 12.2. The SMILES string of the molecule is CCCC1CCC(=O)C(CN2CCCC(C)(C)CC2)C1. The van der Waals surface area contributed by atoms with Crippen LogP contribution in [0.15, 0.2) is 0 Å². The Morgan fingerprint density at radius 3 is 2.80 bits per heavy atom. The second-order valence-electron chi connectivity index (χ2n) is 7.91. The van der Waals surface area contributed by atoms with Gasteiger partial charge in [-0.2, -0.15) is 0 Å². The van der Waals surface area contributed by atoms with Gasteiger partial charge in [0.05, 0.1) is 0 Å². The van der Waals surface area contributed by atoms with E-state index in [-0.39, 0.29) is 0 Å². The first kappa shape index (κ1) is 16.0. The molecule has 2 fully saturated rings. The van der Waals surface area contributed by atoms with Gasteiger partial charge in [-0.1, -0.05) is 33.6 Å². The minimum atomic E-state index is 0.335. The van der Waals surface area contributed by atoms with Gasteiger partial charge < -0.3 is 4.90 Å². The van der Waals surface area contributed by atoms with Crippen LogP contribution < -0.4 is 0 Å². The molecule has 1 saturated heterocycles. The maximum atomic E-state index is 12.2. The van der Waals surface area contributed by atoms with Gasteiger partial charge in [0.25, 0.3) is 0 Å². The summed E-state index contributed by atoms with van der Waals surface area (Å²) in [4.78, 5) is 14.8. The fourth-order valence-electron chi connectivity index (χ4n) is 4.02. The van der Waals surface area contributed by atoms with Crippen molar-refractivity contribution in [2.24, 2.45) is 17.3 Å². The quantitative estimate of drug-likeness (QED) is 0.765. The first-order chi connectivity index (χ1) is 9.50. The zero-order valence-corrected chi connectivity index (χ0v) is 13.8. The number of carbonyl (C=O) groups is 1. The number of ketones is 1. The molecular weight excluding hydrogens is 246 g/mol. The number of likely N-dealkylation sites (tertiary alicyclic amines) is 1. The molecule has 1 aliphatic carbocycles. The lowest BCUT2D eigenvalue weighted by molar-refractivity contribution is -0.126. The fourth-order valence-corrected chi connectivity index (χ4v) is 4.02. The van der Waals surface area contributed by atoms with Gasteiger partial charge in [0, 0.05) is 18.9 Å². The van der Waals surface area contributed by atoms with Crippen LogP contribution in [0.25, 0.3) is 0 Å². The normalized spacial score (nSPS) is 32.0. The van der Waals surface area contributed by atoms with Gasteiger partial charge in [-0.3, -0.25) is 4.79 Å². The molecular formula is C18H33NO. The molecule has 0 aromatic rings. The van der Waals surface area contributed by atoms with Gasteiger partial charge in [-0.05, 0) is 56.5 Å². The van der Waals surface area contributed by atoms with E-state index in [2.05, 4.69) is 25.7 Å². The van der Waals surface area contributed by atoms with E-state index in [0.29, 0.717) is 17.1 Å². The molecule has 0 spiro atoms. The summed E-state index contributed by atoms with van der Waals surface area (Å²) in [6.45, 7) is 10.5. The monoisotopic (exact) mass is 279 g/mol. The van der Waals surface area contributed by atoms with Crippen molar-refractivity contribution in [3.05, 3.63) is 0 Å². The summed E-state index contributed by atoms with van der Waals surface area (Å²) >= 11 is 0. The molecule has 1 aliphatic heterocycles. The van der Waals surface area contributed by atoms with Crippen molar-refractivity contribution in [1.82, 2.24) is 4.90 Å². The minimum Gasteiger partial charge on any atom is -0.303 e. The summed E-state index contributed by atoms with van der Waals surface area (Å²) in [6, 6.07) is 0. The van der Waals surface area contributed by atoms with Gasteiger partial charge in [0.15, 0.2) is 0 Å². The number of hydrogen-bond donors (Lipinski definition) is 0. The van der Waals surface area contributed by atoms with Crippen LogP contribution in [0, 0.1) is 17.3 Å². The Labute approximate surface area is 125 Å². The standard InChI is InChI=1S/C18H33NO/c1-4-6-15-7-8-17(20)16(13-15)14-19-11-5-9-18(2,3)10-12-19/h15-16H,4-14H2,1-3H3. The van der Waals surface area contributed by atoms with Crippen molar-refractivity contribution in [2.45, 2.75) is 72.1 Å².